The van der Waals surface area contributed by atoms with E-state index in [0.717, 1.165) is 0 Å². The van der Waals surface area contributed by atoms with Gasteiger partial charge in [-0.3, -0.25) is 18.7 Å². The van der Waals surface area contributed by atoms with Crippen LogP contribution in [0, 0.1) is 0 Å². The number of carboxylic acid groups (broad SMARTS) is 2. The van der Waals surface area contributed by atoms with E-state index in [1.165, 1.54) is 0 Å². The molecule has 0 aliphatic rings. The highest BCUT2D eigenvalue weighted by atomic mass is 31.1. The molecule has 13 heteroatoms. The van der Waals surface area contributed by atoms with E-state index in [1.807, 2.05) is 0 Å². The molecule has 110 valence electrons. The molecule has 18 heavy (non-hydrogen) atoms. The fourth-order valence-electron chi connectivity index (χ4n) is 0.402. The van der Waals surface area contributed by atoms with Crippen LogP contribution in [-0.4, -0.2) is 47.8 Å². The fraction of sp³-hybridized carbons (Fsp3) is 0.600. The van der Waals surface area contributed by atoms with Gasteiger partial charge in [-0.2, -0.15) is 0 Å². The summed E-state index contributed by atoms with van der Waals surface area (Å²) in [4.78, 5) is 48.5. The molecule has 1 atom stereocenters. The Balaban J connectivity index is -0.000000233. The van der Waals surface area contributed by atoms with Crippen molar-refractivity contribution in [2.24, 2.45) is 5.73 Å². The second-order valence-corrected chi connectivity index (χ2v) is 3.57. The molecule has 0 saturated heterocycles. The van der Waals surface area contributed by atoms with Crippen molar-refractivity contribution in [3.63, 3.8) is 0 Å². The van der Waals surface area contributed by atoms with Crippen LogP contribution >= 0.6 is 16.5 Å². The second-order valence-electron chi connectivity index (χ2n) is 2.44. The normalized spacial score (nSPS) is 10.8. The molecule has 0 radical (unpaired) electrons. The van der Waals surface area contributed by atoms with Crippen molar-refractivity contribution in [1.29, 1.82) is 0 Å². The van der Waals surface area contributed by atoms with Gasteiger partial charge in [-0.05, 0) is 6.42 Å². The van der Waals surface area contributed by atoms with Crippen molar-refractivity contribution in [1.82, 2.24) is 0 Å². The Morgan fingerprint density at radius 2 is 1.28 bits per heavy atom. The topological polar surface area (TPSA) is 216 Å². The van der Waals surface area contributed by atoms with Gasteiger partial charge in [0, 0.05) is 6.42 Å². The van der Waals surface area contributed by atoms with Gasteiger partial charge in [0.1, 0.15) is 6.04 Å². The minimum Gasteiger partial charge on any atom is -0.481 e. The fourth-order valence-corrected chi connectivity index (χ4v) is 0.402. The number of rotatable bonds is 4. The number of hydrogen-bond donors (Lipinski definition) is 7. The summed E-state index contributed by atoms with van der Waals surface area (Å²) in [7, 11) is -6.26. The van der Waals surface area contributed by atoms with E-state index < -0.39 is 34.5 Å². The SMILES string of the molecule is N[C@@H](CCC(=O)O)C(=O)O.O=[PH](O)O.O=[PH](O)O. The Labute approximate surface area is 102 Å². The molecule has 11 nitrogen and oxygen atoms in total. The zero-order chi connectivity index (χ0) is 15.3. The number of carbonyl (C=O) groups is 2. The van der Waals surface area contributed by atoms with Crippen LogP contribution in [-0.2, 0) is 18.7 Å². The Morgan fingerprint density at radius 1 is 1.00 bits per heavy atom. The summed E-state index contributed by atoms with van der Waals surface area (Å²) in [6.45, 7) is 0. The summed E-state index contributed by atoms with van der Waals surface area (Å²) < 4.78 is 17.5. The molecule has 0 spiro atoms. The Bertz CT molecular complexity index is 274. The average Bonchev–Trinajstić information content (AvgIpc) is 2.11. The molecule has 0 aliphatic heterocycles. The van der Waals surface area contributed by atoms with E-state index in [9.17, 15) is 9.59 Å². The number of nitrogens with two attached hydrogens (primary N) is 1. The van der Waals surface area contributed by atoms with Crippen molar-refractivity contribution in [3.8, 4) is 0 Å². The highest BCUT2D eigenvalue weighted by molar-refractivity contribution is 7.31. The highest BCUT2D eigenvalue weighted by Crippen LogP contribution is 1.99. The maximum Gasteiger partial charge on any atom is 0.320 e. The summed E-state index contributed by atoms with van der Waals surface area (Å²) >= 11 is 0. The zero-order valence-electron chi connectivity index (χ0n) is 8.89. The van der Waals surface area contributed by atoms with Gasteiger partial charge in [0.25, 0.3) is 0 Å². The van der Waals surface area contributed by atoms with E-state index in [1.54, 1.807) is 0 Å². The third kappa shape index (κ3) is 45.6. The molecule has 0 aromatic rings. The minimum absolute atomic E-state index is 0.0231. The van der Waals surface area contributed by atoms with Crippen LogP contribution in [0.4, 0.5) is 0 Å². The van der Waals surface area contributed by atoms with Gasteiger partial charge < -0.3 is 35.5 Å². The molecule has 0 rings (SSSR count). The third-order valence-electron chi connectivity index (χ3n) is 0.986. The van der Waals surface area contributed by atoms with Gasteiger partial charge in [0.05, 0.1) is 0 Å². The lowest BCUT2D eigenvalue weighted by Gasteiger charge is -2.01. The largest absolute Gasteiger partial charge is 0.481 e. The van der Waals surface area contributed by atoms with E-state index in [2.05, 4.69) is 0 Å². The number of carboxylic acids is 2. The van der Waals surface area contributed by atoms with Crippen molar-refractivity contribution in [3.05, 3.63) is 0 Å². The molecule has 0 saturated carbocycles. The average molecular weight is 311 g/mol. The van der Waals surface area contributed by atoms with Crippen molar-refractivity contribution < 1.29 is 48.5 Å². The van der Waals surface area contributed by atoms with Crippen molar-refractivity contribution in [2.45, 2.75) is 18.9 Å². The monoisotopic (exact) mass is 311 g/mol. The Kier molecular flexibility index (Phi) is 17.7. The first-order valence-electron chi connectivity index (χ1n) is 4.04. The third-order valence-corrected chi connectivity index (χ3v) is 0.986. The molecule has 0 aliphatic carbocycles. The summed E-state index contributed by atoms with van der Waals surface area (Å²) in [5.74, 6) is -2.20. The van der Waals surface area contributed by atoms with Gasteiger partial charge in [-0.15, -0.1) is 0 Å². The van der Waals surface area contributed by atoms with Crippen LogP contribution in [0.15, 0.2) is 0 Å². The lowest BCUT2D eigenvalue weighted by Crippen LogP contribution is -2.30. The molecule has 0 amide bonds. The molecular weight excluding hydrogens is 296 g/mol. The van der Waals surface area contributed by atoms with Crippen molar-refractivity contribution in [2.75, 3.05) is 0 Å². The summed E-state index contributed by atoms with van der Waals surface area (Å²) in [5.41, 5.74) is 5.00. The smallest absolute Gasteiger partial charge is 0.320 e. The minimum atomic E-state index is -3.13. The quantitative estimate of drug-likeness (QED) is 0.281. The Morgan fingerprint density at radius 3 is 1.44 bits per heavy atom. The highest BCUT2D eigenvalue weighted by Gasteiger charge is 2.12. The van der Waals surface area contributed by atoms with Crippen LogP contribution in [0.5, 0.6) is 0 Å². The van der Waals surface area contributed by atoms with Gasteiger partial charge in [-0.25, -0.2) is 0 Å². The van der Waals surface area contributed by atoms with Crippen molar-refractivity contribution >= 4 is 28.4 Å². The van der Waals surface area contributed by atoms with E-state index in [-0.39, 0.29) is 12.8 Å². The first-order chi connectivity index (χ1) is 8.00. The van der Waals surface area contributed by atoms with Crippen LogP contribution in [0.2, 0.25) is 0 Å². The molecule has 8 N–H and O–H groups in total. The van der Waals surface area contributed by atoms with Gasteiger partial charge >= 0.3 is 28.4 Å². The molecule has 0 aromatic carbocycles. The molecule has 0 heterocycles. The molecule has 0 aromatic heterocycles. The van der Waals surface area contributed by atoms with Crippen LogP contribution in [0.3, 0.4) is 0 Å². The molecular formula is C5H15NO10P2. The number of aliphatic carboxylic acids is 2. The summed E-state index contributed by atoms with van der Waals surface area (Å²) in [5, 5.41) is 16.3. The zero-order valence-corrected chi connectivity index (χ0v) is 10.9. The summed E-state index contributed by atoms with van der Waals surface area (Å²) in [6.07, 6.45) is -0.224. The predicted octanol–water partition coefficient (Wildman–Crippen LogP) is -2.02. The second kappa shape index (κ2) is 14.3. The van der Waals surface area contributed by atoms with Crippen LogP contribution in [0.25, 0.3) is 0 Å². The van der Waals surface area contributed by atoms with E-state index >= 15 is 0 Å². The van der Waals surface area contributed by atoms with Gasteiger partial charge in [0.15, 0.2) is 0 Å². The van der Waals surface area contributed by atoms with Gasteiger partial charge in [-0.1, -0.05) is 0 Å². The number of hydrogen-bond acceptors (Lipinski definition) is 5. The predicted molar refractivity (Wildman–Crippen MR) is 59.4 cm³/mol. The van der Waals surface area contributed by atoms with Crippen LogP contribution in [0.1, 0.15) is 12.8 Å². The Hall–Kier alpha value is -0.800. The van der Waals surface area contributed by atoms with E-state index in [4.69, 9.17) is 44.7 Å². The maximum atomic E-state index is 9.99. The standard InChI is InChI=1S/C5H9NO4.2H3O3P/c6-3(5(9)10)1-2-4(7)8;2*1-4(2)3/h3H,1-2,6H2,(H,7,8)(H,9,10);2*4H,(H2,1,2,3)/t3-;;/m0../s1. The lowest BCUT2D eigenvalue weighted by molar-refractivity contribution is -0.139. The lowest BCUT2D eigenvalue weighted by atomic mass is 10.2. The molecule has 0 fully saturated rings. The first kappa shape index (κ1) is 22.4. The molecule has 0 bridgehead atoms. The van der Waals surface area contributed by atoms with Crippen LogP contribution < -0.4 is 5.73 Å². The summed E-state index contributed by atoms with van der Waals surface area (Å²) in [6, 6.07) is -1.06. The van der Waals surface area contributed by atoms with Gasteiger partial charge in [0.2, 0.25) is 0 Å². The molecule has 0 unspecified atom stereocenters. The maximum absolute atomic E-state index is 9.99. The van der Waals surface area contributed by atoms with E-state index in [0.29, 0.717) is 0 Å². The first-order valence-corrected chi connectivity index (χ1v) is 6.65.